The summed E-state index contributed by atoms with van der Waals surface area (Å²) in [6, 6.07) is 9.66. The van der Waals surface area contributed by atoms with Gasteiger partial charge in [-0.25, -0.2) is 4.72 Å². The quantitative estimate of drug-likeness (QED) is 0.272. The lowest BCUT2D eigenvalue weighted by Crippen LogP contribution is -2.27. The fourth-order valence-corrected chi connectivity index (χ4v) is 4.23. The smallest absolute Gasteiger partial charge is 0.294 e. The summed E-state index contributed by atoms with van der Waals surface area (Å²) in [5.74, 6) is 0. The Hall–Kier alpha value is -2.25. The van der Waals surface area contributed by atoms with Crippen LogP contribution < -0.4 is 15.2 Å². The van der Waals surface area contributed by atoms with Crippen LogP contribution >= 0.6 is 35.5 Å². The average molecular weight is 504 g/mol. The minimum atomic E-state index is -0.781. The fraction of sp³-hybridized carbons (Fsp3) is 0.368. The summed E-state index contributed by atoms with van der Waals surface area (Å²) < 4.78 is 3.34. The zero-order chi connectivity index (χ0) is 24.3. The van der Waals surface area contributed by atoms with Gasteiger partial charge in [-0.2, -0.15) is 0 Å². The predicted molar refractivity (Wildman–Crippen MR) is 129 cm³/mol. The second-order valence-corrected chi connectivity index (χ2v) is 8.03. The third-order valence-electron chi connectivity index (χ3n) is 3.90. The van der Waals surface area contributed by atoms with Gasteiger partial charge in [0, 0.05) is 14.7 Å². The number of hydrogen-bond acceptors (Lipinski definition) is 10. The monoisotopic (exact) mass is 503 g/mol. The highest BCUT2D eigenvalue weighted by Gasteiger charge is 2.22. The van der Waals surface area contributed by atoms with Gasteiger partial charge in [-0.1, -0.05) is 50.6 Å². The van der Waals surface area contributed by atoms with E-state index in [0.717, 1.165) is 57.6 Å². The van der Waals surface area contributed by atoms with Crippen molar-refractivity contribution < 1.29 is 14.8 Å². The highest BCUT2D eigenvalue weighted by molar-refractivity contribution is 7.98. The Balaban J connectivity index is 0.000000769. The second kappa shape index (κ2) is 14.0. The third kappa shape index (κ3) is 8.71. The van der Waals surface area contributed by atoms with Gasteiger partial charge in [0.15, 0.2) is 7.05 Å². The Morgan fingerprint density at radius 2 is 1.81 bits per heavy atom. The summed E-state index contributed by atoms with van der Waals surface area (Å²) in [6.45, 7) is 5.96. The van der Waals surface area contributed by atoms with Gasteiger partial charge >= 0.3 is 0 Å². The molecule has 0 fully saturated rings. The highest BCUT2D eigenvalue weighted by Crippen LogP contribution is 2.40. The summed E-state index contributed by atoms with van der Waals surface area (Å²) in [6.07, 6.45) is 0.652. The van der Waals surface area contributed by atoms with E-state index in [1.807, 2.05) is 45.0 Å². The molecule has 0 spiro atoms. The molecule has 1 atom stereocenters. The van der Waals surface area contributed by atoms with Crippen LogP contribution in [0.15, 0.2) is 40.1 Å². The topological polar surface area (TPSA) is 146 Å². The van der Waals surface area contributed by atoms with Crippen molar-refractivity contribution in [2.24, 2.45) is 5.14 Å². The largest absolute Gasteiger partial charge is 0.364 e. The van der Waals surface area contributed by atoms with Crippen LogP contribution in [0.25, 0.3) is 0 Å². The first-order chi connectivity index (χ1) is 15.2. The van der Waals surface area contributed by atoms with E-state index in [0.29, 0.717) is 5.02 Å². The molecule has 0 aliphatic carbocycles. The van der Waals surface area contributed by atoms with E-state index in [2.05, 4.69) is 20.9 Å². The van der Waals surface area contributed by atoms with Crippen molar-refractivity contribution in [3.63, 3.8) is 0 Å². The molecule has 2 aromatic carbocycles. The van der Waals surface area contributed by atoms with Gasteiger partial charge < -0.3 is 10.2 Å². The lowest BCUT2D eigenvalue weighted by atomic mass is 10.0. The number of benzene rings is 2. The molecule has 2 aromatic rings. The van der Waals surface area contributed by atoms with Crippen LogP contribution in [0, 0.1) is 20.2 Å². The predicted octanol–water partition coefficient (Wildman–Crippen LogP) is 5.22. The Morgan fingerprint density at radius 3 is 2.38 bits per heavy atom. The van der Waals surface area contributed by atoms with Crippen LogP contribution in [-0.4, -0.2) is 17.1 Å². The molecule has 0 aromatic heterocycles. The van der Waals surface area contributed by atoms with E-state index in [4.69, 9.17) is 26.9 Å². The number of nitro groups is 1. The number of nitrogens with zero attached hydrogens (tertiary/aromatic N) is 2. The Morgan fingerprint density at radius 1 is 1.19 bits per heavy atom. The number of nitrogens with two attached hydrogens (primary N) is 1. The molecular formula is C19H26ClN5O5S2. The Bertz CT molecular complexity index is 931. The van der Waals surface area contributed by atoms with E-state index in [1.165, 1.54) is 11.9 Å². The van der Waals surface area contributed by atoms with Gasteiger partial charge in [0.05, 0.1) is 10.7 Å². The number of rotatable bonds is 6. The minimum Gasteiger partial charge on any atom is -0.364 e. The van der Waals surface area contributed by atoms with Gasteiger partial charge in [-0.15, -0.1) is 10.1 Å². The van der Waals surface area contributed by atoms with Crippen molar-refractivity contribution in [2.75, 3.05) is 12.4 Å². The first-order valence-corrected chi connectivity index (χ1v) is 11.7. The molecule has 0 amide bonds. The molecule has 13 heteroatoms. The van der Waals surface area contributed by atoms with E-state index in [1.54, 1.807) is 0 Å². The van der Waals surface area contributed by atoms with Gasteiger partial charge in [-0.3, -0.25) is 15.3 Å². The average Bonchev–Trinajstić information content (AvgIpc) is 2.77. The third-order valence-corrected chi connectivity index (χ3v) is 5.83. The van der Waals surface area contributed by atoms with E-state index in [9.17, 15) is 10.1 Å². The van der Waals surface area contributed by atoms with Crippen molar-refractivity contribution in [3.8, 4) is 0 Å². The zero-order valence-corrected chi connectivity index (χ0v) is 20.5. The summed E-state index contributed by atoms with van der Waals surface area (Å²) >= 11 is 8.85. The molecule has 0 saturated heterocycles. The van der Waals surface area contributed by atoms with Crippen molar-refractivity contribution in [1.82, 2.24) is 4.72 Å². The van der Waals surface area contributed by atoms with Gasteiger partial charge in [0.1, 0.15) is 12.8 Å². The molecule has 1 aliphatic rings. The summed E-state index contributed by atoms with van der Waals surface area (Å²) in [4.78, 5) is 25.1. The summed E-state index contributed by atoms with van der Waals surface area (Å²) in [5.41, 5.74) is 3.71. The second-order valence-electron chi connectivity index (χ2n) is 6.07. The molecule has 1 aliphatic heterocycles. The number of halogens is 1. The highest BCUT2D eigenvalue weighted by atomic mass is 35.5. The van der Waals surface area contributed by atoms with Crippen LogP contribution in [0.2, 0.25) is 5.02 Å². The maximum absolute atomic E-state index is 10.5. The molecule has 1 unspecified atom stereocenters. The van der Waals surface area contributed by atoms with E-state index in [-0.39, 0.29) is 12.8 Å². The lowest BCUT2D eigenvalue weighted by molar-refractivity contribution is -0.763. The van der Waals surface area contributed by atoms with Crippen LogP contribution in [0.1, 0.15) is 43.6 Å². The molecular weight excluding hydrogens is 478 g/mol. The Kier molecular flexibility index (Phi) is 12.2. The van der Waals surface area contributed by atoms with Crippen molar-refractivity contribution >= 4 is 41.2 Å². The van der Waals surface area contributed by atoms with Crippen LogP contribution in [0.5, 0.6) is 0 Å². The minimum absolute atomic E-state index is 0.0762. The van der Waals surface area contributed by atoms with Gasteiger partial charge in [0.2, 0.25) is 0 Å². The molecule has 32 heavy (non-hydrogen) atoms. The molecule has 0 bridgehead atoms. The summed E-state index contributed by atoms with van der Waals surface area (Å²) in [5, 5.41) is 28.1. The van der Waals surface area contributed by atoms with Crippen molar-refractivity contribution in [2.45, 2.75) is 49.8 Å². The molecule has 0 saturated carbocycles. The first kappa shape index (κ1) is 27.8. The molecule has 176 valence electrons. The van der Waals surface area contributed by atoms with Crippen molar-refractivity contribution in [1.29, 1.82) is 0 Å². The van der Waals surface area contributed by atoms with E-state index < -0.39 is 10.0 Å². The molecule has 4 N–H and O–H groups in total. The normalized spacial score (nSPS) is 13.9. The number of anilines is 1. The number of hydrogen-bond donors (Lipinski definition) is 3. The molecule has 0 radical (unpaired) electrons. The number of aryl methyl sites for hydroxylation is 1. The molecule has 1 heterocycles. The van der Waals surface area contributed by atoms with Gasteiger partial charge in [0.25, 0.3) is 5.09 Å². The van der Waals surface area contributed by atoms with Crippen LogP contribution in [0.3, 0.4) is 0 Å². The molecule has 3 rings (SSSR count). The summed E-state index contributed by atoms with van der Waals surface area (Å²) in [7, 11) is 0.889. The maximum atomic E-state index is 10.5. The molecule has 10 nitrogen and oxygen atoms in total. The standard InChI is InChI=1S/C16H17ClN4O3S2.C2H6.CH3NO2/c1-2-9-3-10(8-24-21(22)23)5-11(4-9)16-19-13-6-12(17)14(25-18)7-15(13)26-20-16;1-2;1-2(3)4/h3-7,16,19-20H,2,8,18H2,1H3;1-2H3;1H3. The number of fused-ring (bicyclic) bond motifs is 1. The van der Waals surface area contributed by atoms with Crippen LogP contribution in [-0.2, 0) is 17.9 Å². The SMILES string of the molecule is CC.CCc1cc(CO[N+](=O)[O-])cc(C2NSc3cc(SN)c(Cl)cc3N2)c1.C[N+](=O)[O-]. The number of nitrogens with one attached hydrogen (secondary N) is 2. The van der Waals surface area contributed by atoms with E-state index >= 15 is 0 Å². The van der Waals surface area contributed by atoms with Crippen LogP contribution in [0.4, 0.5) is 5.69 Å². The maximum Gasteiger partial charge on any atom is 0.294 e. The zero-order valence-electron chi connectivity index (χ0n) is 18.1. The van der Waals surface area contributed by atoms with Gasteiger partial charge in [-0.05, 0) is 59.1 Å². The lowest BCUT2D eigenvalue weighted by Gasteiger charge is -2.29. The first-order valence-electron chi connectivity index (χ1n) is 9.60. The Labute approximate surface area is 200 Å². The van der Waals surface area contributed by atoms with Crippen molar-refractivity contribution in [3.05, 3.63) is 72.3 Å². The fourth-order valence-electron chi connectivity index (χ4n) is 2.65.